The number of sulfonamides is 1. The standard InChI is InChI=1S/C26H29F3N2O4S/c27-26(28,29)19-10-12-20(13-11-19)36(34,35)31-15-22-21(23(22)16-31)14-30-24(32)25(33,18-8-4-5-9-18)17-6-2-1-3-7-17/h1-3,6-7,10-13,18,21-23,33H,4-5,8-9,14-16H2,(H,30,32). The average Bonchev–Trinajstić information content (AvgIpc) is 3.26. The molecule has 0 radical (unpaired) electrons. The molecule has 2 aromatic carbocycles. The van der Waals surface area contributed by atoms with Crippen LogP contribution in [0, 0.1) is 23.7 Å². The number of carbonyl (C=O) groups is 1. The van der Waals surface area contributed by atoms with E-state index in [0.717, 1.165) is 49.9 Å². The van der Waals surface area contributed by atoms with Crippen molar-refractivity contribution in [1.29, 1.82) is 0 Å². The van der Waals surface area contributed by atoms with E-state index in [2.05, 4.69) is 5.32 Å². The molecule has 0 bridgehead atoms. The monoisotopic (exact) mass is 522 g/mol. The highest BCUT2D eigenvalue weighted by molar-refractivity contribution is 7.89. The molecule has 5 rings (SSSR count). The molecule has 3 aliphatic rings. The number of halogens is 3. The lowest BCUT2D eigenvalue weighted by molar-refractivity contribution is -0.147. The highest BCUT2D eigenvalue weighted by atomic mass is 32.2. The number of nitrogens with zero attached hydrogens (tertiary/aromatic N) is 1. The fourth-order valence-corrected chi connectivity index (χ4v) is 7.52. The van der Waals surface area contributed by atoms with Gasteiger partial charge in [-0.25, -0.2) is 8.42 Å². The van der Waals surface area contributed by atoms with Crippen molar-refractivity contribution in [3.05, 3.63) is 65.7 Å². The van der Waals surface area contributed by atoms with Crippen LogP contribution in [0.25, 0.3) is 0 Å². The Morgan fingerprint density at radius 2 is 1.53 bits per heavy atom. The van der Waals surface area contributed by atoms with E-state index in [1.54, 1.807) is 24.3 Å². The maximum absolute atomic E-state index is 13.3. The molecule has 0 spiro atoms. The minimum Gasteiger partial charge on any atom is -0.375 e. The van der Waals surface area contributed by atoms with Crippen LogP contribution in [0.1, 0.15) is 36.8 Å². The van der Waals surface area contributed by atoms with Crippen LogP contribution in [0.3, 0.4) is 0 Å². The van der Waals surface area contributed by atoms with Crippen molar-refractivity contribution in [3.8, 4) is 0 Å². The van der Waals surface area contributed by atoms with E-state index in [9.17, 15) is 31.5 Å². The molecular weight excluding hydrogens is 493 g/mol. The van der Waals surface area contributed by atoms with E-state index >= 15 is 0 Å². The lowest BCUT2D eigenvalue weighted by Crippen LogP contribution is -2.49. The Balaban J connectivity index is 1.20. The fraction of sp³-hybridized carbons (Fsp3) is 0.500. The number of carbonyl (C=O) groups excluding carboxylic acids is 1. The lowest BCUT2D eigenvalue weighted by Gasteiger charge is -2.33. The molecular formula is C26H29F3N2O4S. The summed E-state index contributed by atoms with van der Waals surface area (Å²) in [7, 11) is -3.89. The number of nitrogens with one attached hydrogen (secondary N) is 1. The second-order valence-electron chi connectivity index (χ2n) is 10.2. The lowest BCUT2D eigenvalue weighted by atomic mass is 9.79. The normalized spacial score (nSPS) is 26.4. The van der Waals surface area contributed by atoms with Gasteiger partial charge in [-0.2, -0.15) is 17.5 Å². The molecule has 2 N–H and O–H groups in total. The summed E-state index contributed by atoms with van der Waals surface area (Å²) in [6.45, 7) is 0.879. The molecule has 1 saturated heterocycles. The average molecular weight is 523 g/mol. The number of hydrogen-bond acceptors (Lipinski definition) is 4. The van der Waals surface area contributed by atoms with Crippen molar-refractivity contribution in [2.75, 3.05) is 19.6 Å². The molecule has 1 heterocycles. The van der Waals surface area contributed by atoms with E-state index in [4.69, 9.17) is 0 Å². The molecule has 3 atom stereocenters. The highest BCUT2D eigenvalue weighted by Gasteiger charge is 2.58. The zero-order valence-corrected chi connectivity index (χ0v) is 20.4. The molecule has 2 aromatic rings. The van der Waals surface area contributed by atoms with E-state index in [-0.39, 0.29) is 41.7 Å². The Labute approximate surface area is 208 Å². The molecule has 2 saturated carbocycles. The van der Waals surface area contributed by atoms with Crippen molar-refractivity contribution in [2.24, 2.45) is 23.7 Å². The molecule has 1 aliphatic heterocycles. The predicted octanol–water partition coefficient (Wildman–Crippen LogP) is 3.77. The largest absolute Gasteiger partial charge is 0.416 e. The minimum atomic E-state index is -4.53. The first-order chi connectivity index (χ1) is 17.0. The van der Waals surface area contributed by atoms with Gasteiger partial charge in [0.25, 0.3) is 5.91 Å². The van der Waals surface area contributed by atoms with Gasteiger partial charge in [0.2, 0.25) is 10.0 Å². The predicted molar refractivity (Wildman–Crippen MR) is 126 cm³/mol. The number of rotatable bonds is 7. The maximum Gasteiger partial charge on any atom is 0.416 e. The van der Waals surface area contributed by atoms with E-state index < -0.39 is 33.3 Å². The zero-order valence-electron chi connectivity index (χ0n) is 19.6. The van der Waals surface area contributed by atoms with Crippen LogP contribution >= 0.6 is 0 Å². The van der Waals surface area contributed by atoms with Crippen molar-refractivity contribution in [3.63, 3.8) is 0 Å². The summed E-state index contributed by atoms with van der Waals surface area (Å²) in [5.74, 6) is -0.309. The summed E-state index contributed by atoms with van der Waals surface area (Å²) in [4.78, 5) is 13.1. The van der Waals surface area contributed by atoms with Crippen LogP contribution in [0.5, 0.6) is 0 Å². The van der Waals surface area contributed by atoms with E-state index in [0.29, 0.717) is 12.1 Å². The Kier molecular flexibility index (Phi) is 6.41. The van der Waals surface area contributed by atoms with Gasteiger partial charge < -0.3 is 10.4 Å². The molecule has 10 heteroatoms. The van der Waals surface area contributed by atoms with Crippen LogP contribution in [0.4, 0.5) is 13.2 Å². The number of amides is 1. The molecule has 0 aromatic heterocycles. The summed E-state index contributed by atoms with van der Waals surface area (Å²) in [5, 5.41) is 14.5. The Morgan fingerprint density at radius 1 is 0.944 bits per heavy atom. The molecule has 6 nitrogen and oxygen atoms in total. The van der Waals surface area contributed by atoms with Gasteiger partial charge in [0.05, 0.1) is 10.5 Å². The molecule has 3 unspecified atom stereocenters. The van der Waals surface area contributed by atoms with Crippen molar-refractivity contribution >= 4 is 15.9 Å². The van der Waals surface area contributed by atoms with Crippen molar-refractivity contribution in [2.45, 2.75) is 42.4 Å². The minimum absolute atomic E-state index is 0.0748. The van der Waals surface area contributed by atoms with Crippen LogP contribution in [-0.2, 0) is 26.6 Å². The molecule has 2 aliphatic carbocycles. The van der Waals surface area contributed by atoms with Crippen LogP contribution in [-0.4, -0.2) is 43.4 Å². The SMILES string of the molecule is O=C(NCC1C2CN(S(=O)(=O)c3ccc(C(F)(F)F)cc3)CC12)C(O)(c1ccccc1)C1CCCC1. The number of piperidine rings is 1. The van der Waals surface area contributed by atoms with Gasteiger partial charge in [0, 0.05) is 25.6 Å². The third-order valence-electron chi connectivity index (χ3n) is 8.16. The van der Waals surface area contributed by atoms with E-state index in [1.165, 1.54) is 4.31 Å². The van der Waals surface area contributed by atoms with Gasteiger partial charge in [-0.05, 0) is 60.4 Å². The first-order valence-corrected chi connectivity index (χ1v) is 13.7. The summed E-state index contributed by atoms with van der Waals surface area (Å²) < 4.78 is 65.5. The second kappa shape index (κ2) is 9.15. The van der Waals surface area contributed by atoms with Gasteiger partial charge in [-0.1, -0.05) is 43.2 Å². The van der Waals surface area contributed by atoms with Gasteiger partial charge in [-0.3, -0.25) is 4.79 Å². The summed E-state index contributed by atoms with van der Waals surface area (Å²) in [6.07, 6.45) is -1.01. The van der Waals surface area contributed by atoms with E-state index in [1.807, 2.05) is 6.07 Å². The number of fused-ring (bicyclic) bond motifs is 1. The van der Waals surface area contributed by atoms with Gasteiger partial charge >= 0.3 is 6.18 Å². The van der Waals surface area contributed by atoms with Crippen LogP contribution < -0.4 is 5.32 Å². The molecule has 36 heavy (non-hydrogen) atoms. The Hall–Kier alpha value is -2.43. The van der Waals surface area contributed by atoms with Crippen molar-refractivity contribution in [1.82, 2.24) is 9.62 Å². The first kappa shape index (κ1) is 25.2. The summed E-state index contributed by atoms with van der Waals surface area (Å²) >= 11 is 0. The number of hydrogen-bond donors (Lipinski definition) is 2. The quantitative estimate of drug-likeness (QED) is 0.580. The zero-order chi connectivity index (χ0) is 25.7. The second-order valence-corrected chi connectivity index (χ2v) is 12.1. The Morgan fingerprint density at radius 3 is 2.08 bits per heavy atom. The smallest absolute Gasteiger partial charge is 0.375 e. The third kappa shape index (κ3) is 4.43. The van der Waals surface area contributed by atoms with Crippen LogP contribution in [0.15, 0.2) is 59.5 Å². The summed E-state index contributed by atoms with van der Waals surface area (Å²) in [6, 6.07) is 12.5. The molecule has 194 valence electrons. The maximum atomic E-state index is 13.3. The Bertz CT molecular complexity index is 1200. The number of aliphatic hydroxyl groups is 1. The van der Waals surface area contributed by atoms with Crippen molar-refractivity contribution < 1.29 is 31.5 Å². The first-order valence-electron chi connectivity index (χ1n) is 12.3. The topological polar surface area (TPSA) is 86.7 Å². The van der Waals surface area contributed by atoms with Gasteiger partial charge in [0.1, 0.15) is 0 Å². The van der Waals surface area contributed by atoms with Gasteiger partial charge in [0.15, 0.2) is 5.60 Å². The number of alkyl halides is 3. The third-order valence-corrected chi connectivity index (χ3v) is 10.0. The molecule has 1 amide bonds. The fourth-order valence-electron chi connectivity index (χ4n) is 6.01. The summed E-state index contributed by atoms with van der Waals surface area (Å²) in [5.41, 5.74) is -1.91. The van der Waals surface area contributed by atoms with Crippen LogP contribution in [0.2, 0.25) is 0 Å². The molecule has 3 fully saturated rings. The van der Waals surface area contributed by atoms with Gasteiger partial charge in [-0.15, -0.1) is 0 Å². The number of benzene rings is 2. The highest BCUT2D eigenvalue weighted by Crippen LogP contribution is 2.52.